The zero-order chi connectivity index (χ0) is 24.8. The average Bonchev–Trinajstić information content (AvgIpc) is 2.69. The first kappa shape index (κ1) is 28.2. The van der Waals surface area contributed by atoms with Crippen molar-refractivity contribution in [3.05, 3.63) is 0 Å². The van der Waals surface area contributed by atoms with Crippen molar-refractivity contribution in [1.29, 1.82) is 0 Å². The highest BCUT2D eigenvalue weighted by atomic mass is 16.4. The van der Waals surface area contributed by atoms with Crippen molar-refractivity contribution in [3.8, 4) is 0 Å². The first-order valence-electron chi connectivity index (χ1n) is 9.47. The lowest BCUT2D eigenvalue weighted by Gasteiger charge is -2.21. The summed E-state index contributed by atoms with van der Waals surface area (Å²) in [4.78, 5) is 79.9. The summed E-state index contributed by atoms with van der Waals surface area (Å²) in [5.74, 6) is -6.79. The normalized spacial score (nSPS) is 13.2. The molecular weight excluding hydrogens is 432 g/mol. The van der Waals surface area contributed by atoms with Crippen LogP contribution in [0.15, 0.2) is 0 Å². The standard InChI is InChI=1S/C17H28N6O9/c18-8(1-4-11(19)24)15(29)21-7-13(26)22-9(2-5-12(20)25)16(30)23-10(17(31)32)3-6-14(27)28/h8-10H,1-7,18H2,(H2,19,24)(H2,20,25)(H,21,29)(H,22,26)(H,23,30)(H,27,28)(H,31,32). The van der Waals surface area contributed by atoms with Crippen LogP contribution in [0.1, 0.15) is 38.5 Å². The molecule has 15 heteroatoms. The topological polar surface area (TPSA) is 274 Å². The largest absolute Gasteiger partial charge is 0.481 e. The van der Waals surface area contributed by atoms with Gasteiger partial charge < -0.3 is 43.4 Å². The molecule has 0 aromatic carbocycles. The lowest BCUT2D eigenvalue weighted by Crippen LogP contribution is -2.54. The van der Waals surface area contributed by atoms with Gasteiger partial charge in [-0.05, 0) is 19.3 Å². The monoisotopic (exact) mass is 460 g/mol. The second-order valence-corrected chi connectivity index (χ2v) is 6.79. The van der Waals surface area contributed by atoms with Crippen molar-refractivity contribution >= 4 is 41.5 Å². The Hall–Kier alpha value is -3.75. The van der Waals surface area contributed by atoms with E-state index in [-0.39, 0.29) is 25.7 Å². The molecule has 0 aliphatic rings. The Morgan fingerprint density at radius 3 is 1.75 bits per heavy atom. The number of carbonyl (C=O) groups is 7. The zero-order valence-corrected chi connectivity index (χ0v) is 17.2. The molecule has 0 saturated carbocycles. The number of nitrogens with two attached hydrogens (primary N) is 3. The fourth-order valence-corrected chi connectivity index (χ4v) is 2.33. The van der Waals surface area contributed by atoms with Gasteiger partial charge in [0.1, 0.15) is 12.1 Å². The Morgan fingerprint density at radius 2 is 1.25 bits per heavy atom. The van der Waals surface area contributed by atoms with Crippen molar-refractivity contribution in [3.63, 3.8) is 0 Å². The molecule has 0 bridgehead atoms. The van der Waals surface area contributed by atoms with Gasteiger partial charge >= 0.3 is 11.9 Å². The van der Waals surface area contributed by atoms with E-state index in [0.29, 0.717) is 0 Å². The maximum absolute atomic E-state index is 12.4. The van der Waals surface area contributed by atoms with E-state index < -0.39 is 79.0 Å². The van der Waals surface area contributed by atoms with Crippen molar-refractivity contribution < 1.29 is 43.8 Å². The number of aliphatic carboxylic acids is 2. The Labute approximate surface area is 182 Å². The second kappa shape index (κ2) is 14.3. The van der Waals surface area contributed by atoms with Crippen molar-refractivity contribution in [2.75, 3.05) is 6.54 Å². The smallest absolute Gasteiger partial charge is 0.326 e. The van der Waals surface area contributed by atoms with E-state index in [2.05, 4.69) is 16.0 Å². The molecule has 15 nitrogen and oxygen atoms in total. The minimum absolute atomic E-state index is 0.0423. The number of primary amides is 2. The van der Waals surface area contributed by atoms with Crippen LogP contribution in [0.2, 0.25) is 0 Å². The molecule has 0 heterocycles. The fraction of sp³-hybridized carbons (Fsp3) is 0.588. The molecule has 0 aliphatic heterocycles. The highest BCUT2D eigenvalue weighted by Crippen LogP contribution is 2.03. The summed E-state index contributed by atoms with van der Waals surface area (Å²) in [5.41, 5.74) is 15.5. The molecule has 3 atom stereocenters. The minimum Gasteiger partial charge on any atom is -0.481 e. The van der Waals surface area contributed by atoms with Gasteiger partial charge in [-0.15, -0.1) is 0 Å². The number of amides is 5. The number of nitrogens with one attached hydrogen (secondary N) is 3. The summed E-state index contributed by atoms with van der Waals surface area (Å²) in [6, 6.07) is -4.04. The Balaban J connectivity index is 4.96. The molecule has 0 spiro atoms. The van der Waals surface area contributed by atoms with E-state index in [0.717, 1.165) is 0 Å². The highest BCUT2D eigenvalue weighted by Gasteiger charge is 2.27. The lowest BCUT2D eigenvalue weighted by molar-refractivity contribution is -0.143. The van der Waals surface area contributed by atoms with Gasteiger partial charge in [-0.25, -0.2) is 4.79 Å². The van der Waals surface area contributed by atoms with Gasteiger partial charge in [-0.1, -0.05) is 0 Å². The van der Waals surface area contributed by atoms with Crippen LogP contribution in [0.5, 0.6) is 0 Å². The Morgan fingerprint density at radius 1 is 0.719 bits per heavy atom. The summed E-state index contributed by atoms with van der Waals surface area (Å²) in [6.45, 7) is -0.606. The lowest BCUT2D eigenvalue weighted by atomic mass is 10.1. The van der Waals surface area contributed by atoms with Crippen LogP contribution in [0.4, 0.5) is 0 Å². The van der Waals surface area contributed by atoms with Crippen LogP contribution < -0.4 is 33.2 Å². The van der Waals surface area contributed by atoms with E-state index in [9.17, 15) is 33.6 Å². The van der Waals surface area contributed by atoms with Gasteiger partial charge in [0.2, 0.25) is 29.5 Å². The number of carbonyl (C=O) groups excluding carboxylic acids is 5. The number of hydrogen-bond acceptors (Lipinski definition) is 8. The van der Waals surface area contributed by atoms with Crippen LogP contribution in [0, 0.1) is 0 Å². The van der Waals surface area contributed by atoms with E-state index in [4.69, 9.17) is 27.4 Å². The molecule has 3 unspecified atom stereocenters. The zero-order valence-electron chi connectivity index (χ0n) is 17.2. The van der Waals surface area contributed by atoms with Crippen molar-refractivity contribution in [2.45, 2.75) is 56.7 Å². The van der Waals surface area contributed by atoms with Gasteiger partial charge in [-0.3, -0.25) is 28.8 Å². The number of rotatable bonds is 16. The highest BCUT2D eigenvalue weighted by molar-refractivity contribution is 5.93. The Kier molecular flexibility index (Phi) is 12.6. The third kappa shape index (κ3) is 12.7. The van der Waals surface area contributed by atoms with E-state index in [1.165, 1.54) is 0 Å². The number of hydrogen-bond donors (Lipinski definition) is 8. The molecule has 0 aromatic rings. The second-order valence-electron chi connectivity index (χ2n) is 6.79. The van der Waals surface area contributed by atoms with E-state index in [1.807, 2.05) is 0 Å². The first-order valence-corrected chi connectivity index (χ1v) is 9.47. The summed E-state index contributed by atoms with van der Waals surface area (Å²) in [5, 5.41) is 24.3. The van der Waals surface area contributed by atoms with E-state index in [1.54, 1.807) is 0 Å². The first-order chi connectivity index (χ1) is 14.8. The summed E-state index contributed by atoms with van der Waals surface area (Å²) in [7, 11) is 0. The maximum atomic E-state index is 12.4. The predicted octanol–water partition coefficient (Wildman–Crippen LogP) is -4.12. The predicted molar refractivity (Wildman–Crippen MR) is 106 cm³/mol. The molecule has 0 aromatic heterocycles. The van der Waals surface area contributed by atoms with Crippen LogP contribution in [0.3, 0.4) is 0 Å². The van der Waals surface area contributed by atoms with Crippen molar-refractivity contribution in [1.82, 2.24) is 16.0 Å². The van der Waals surface area contributed by atoms with Gasteiger partial charge in [0.05, 0.1) is 12.6 Å². The molecule has 0 rings (SSSR count). The molecule has 0 saturated heterocycles. The van der Waals surface area contributed by atoms with Crippen LogP contribution in [-0.2, 0) is 33.6 Å². The van der Waals surface area contributed by atoms with Gasteiger partial charge in [-0.2, -0.15) is 0 Å². The summed E-state index contributed by atoms with van der Waals surface area (Å²) < 4.78 is 0. The number of carboxylic acid groups (broad SMARTS) is 2. The van der Waals surface area contributed by atoms with E-state index >= 15 is 0 Å². The van der Waals surface area contributed by atoms with Gasteiger partial charge in [0.25, 0.3) is 0 Å². The van der Waals surface area contributed by atoms with Crippen molar-refractivity contribution in [2.24, 2.45) is 17.2 Å². The fourth-order valence-electron chi connectivity index (χ4n) is 2.33. The molecule has 11 N–H and O–H groups in total. The quantitative estimate of drug-likeness (QED) is 0.110. The van der Waals surface area contributed by atoms with Crippen LogP contribution >= 0.6 is 0 Å². The Bertz CT molecular complexity index is 742. The molecule has 0 fully saturated rings. The summed E-state index contributed by atoms with van der Waals surface area (Å²) >= 11 is 0. The molecule has 0 radical (unpaired) electrons. The molecular formula is C17H28N6O9. The molecule has 32 heavy (non-hydrogen) atoms. The van der Waals surface area contributed by atoms with Gasteiger partial charge in [0, 0.05) is 19.3 Å². The minimum atomic E-state index is -1.55. The number of carboxylic acids is 2. The molecule has 5 amide bonds. The average molecular weight is 460 g/mol. The third-order valence-electron chi connectivity index (χ3n) is 4.05. The van der Waals surface area contributed by atoms with Crippen LogP contribution in [-0.4, -0.2) is 76.4 Å². The third-order valence-corrected chi connectivity index (χ3v) is 4.05. The maximum Gasteiger partial charge on any atom is 0.326 e. The van der Waals surface area contributed by atoms with Crippen LogP contribution in [0.25, 0.3) is 0 Å². The SMILES string of the molecule is NC(=O)CCC(N)C(=O)NCC(=O)NC(CCC(N)=O)C(=O)NC(CCC(=O)O)C(=O)O. The van der Waals surface area contributed by atoms with Gasteiger partial charge in [0.15, 0.2) is 0 Å². The molecule has 180 valence electrons. The summed E-state index contributed by atoms with van der Waals surface area (Å²) in [6.07, 6.45) is -1.72. The molecule has 0 aliphatic carbocycles.